The maximum atomic E-state index is 6.41. The second-order valence-corrected chi connectivity index (χ2v) is 5.58. The fraction of sp³-hybridized carbons (Fsp3) is 0.250. The van der Waals surface area contributed by atoms with Crippen molar-refractivity contribution >= 4 is 15.9 Å². The molecule has 2 N–H and O–H groups in total. The van der Waals surface area contributed by atoms with Gasteiger partial charge in [0.25, 0.3) is 0 Å². The molecule has 0 saturated heterocycles. The Kier molecular flexibility index (Phi) is 4.27. The van der Waals surface area contributed by atoms with Crippen LogP contribution in [0.15, 0.2) is 40.9 Å². The predicted molar refractivity (Wildman–Crippen MR) is 82.6 cm³/mol. The third-order valence-electron chi connectivity index (χ3n) is 3.30. The van der Waals surface area contributed by atoms with E-state index in [0.717, 1.165) is 21.3 Å². The Morgan fingerprint density at radius 2 is 1.79 bits per heavy atom. The third kappa shape index (κ3) is 2.99. The van der Waals surface area contributed by atoms with Crippen LogP contribution in [0.25, 0.3) is 0 Å². The topological polar surface area (TPSA) is 35.2 Å². The molecule has 1 atom stereocenters. The molecule has 0 heterocycles. The molecule has 2 aromatic carbocycles. The molecule has 2 aromatic rings. The zero-order valence-electron chi connectivity index (χ0n) is 11.4. The van der Waals surface area contributed by atoms with E-state index in [1.807, 2.05) is 18.2 Å². The fourth-order valence-electron chi connectivity index (χ4n) is 2.23. The molecule has 0 aliphatic heterocycles. The lowest BCUT2D eigenvalue weighted by Gasteiger charge is -2.18. The van der Waals surface area contributed by atoms with E-state index in [1.54, 1.807) is 7.11 Å². The van der Waals surface area contributed by atoms with Crippen LogP contribution in [0.2, 0.25) is 0 Å². The van der Waals surface area contributed by atoms with E-state index < -0.39 is 0 Å². The van der Waals surface area contributed by atoms with Crippen LogP contribution < -0.4 is 10.5 Å². The highest BCUT2D eigenvalue weighted by Gasteiger charge is 2.15. The molecule has 0 radical (unpaired) electrons. The molecule has 0 aliphatic rings. The van der Waals surface area contributed by atoms with E-state index in [9.17, 15) is 0 Å². The maximum Gasteiger partial charge on any atom is 0.119 e. The van der Waals surface area contributed by atoms with Gasteiger partial charge in [-0.25, -0.2) is 0 Å². The molecule has 1 unspecified atom stereocenters. The first-order valence-electron chi connectivity index (χ1n) is 6.19. The molecule has 0 bridgehead atoms. The summed E-state index contributed by atoms with van der Waals surface area (Å²) in [7, 11) is 1.66. The Morgan fingerprint density at radius 1 is 1.05 bits per heavy atom. The molecule has 2 nitrogen and oxygen atoms in total. The van der Waals surface area contributed by atoms with Crippen LogP contribution in [0.5, 0.6) is 5.75 Å². The van der Waals surface area contributed by atoms with Gasteiger partial charge in [-0.05, 0) is 48.7 Å². The monoisotopic (exact) mass is 319 g/mol. The molecular weight excluding hydrogens is 302 g/mol. The van der Waals surface area contributed by atoms with Gasteiger partial charge < -0.3 is 10.5 Å². The van der Waals surface area contributed by atoms with Crippen molar-refractivity contribution in [3.8, 4) is 5.75 Å². The lowest BCUT2D eigenvalue weighted by Crippen LogP contribution is -2.14. The smallest absolute Gasteiger partial charge is 0.119 e. The summed E-state index contributed by atoms with van der Waals surface area (Å²) in [5, 5.41) is 0. The van der Waals surface area contributed by atoms with Crippen LogP contribution in [-0.4, -0.2) is 7.11 Å². The second-order valence-electron chi connectivity index (χ2n) is 4.73. The molecule has 0 aromatic heterocycles. The van der Waals surface area contributed by atoms with Gasteiger partial charge in [0.15, 0.2) is 0 Å². The number of hydrogen-bond donors (Lipinski definition) is 1. The largest absolute Gasteiger partial charge is 0.497 e. The van der Waals surface area contributed by atoms with Crippen LogP contribution in [0.4, 0.5) is 0 Å². The number of rotatable bonds is 3. The molecule has 0 spiro atoms. The second kappa shape index (κ2) is 5.76. The lowest BCUT2D eigenvalue weighted by atomic mass is 9.94. The Bertz CT molecular complexity index is 595. The van der Waals surface area contributed by atoms with Gasteiger partial charge in [-0.1, -0.05) is 39.7 Å². The summed E-state index contributed by atoms with van der Waals surface area (Å²) in [6, 6.07) is 12.1. The average Bonchev–Trinajstić information content (AvgIpc) is 2.38. The highest BCUT2D eigenvalue weighted by molar-refractivity contribution is 9.10. The van der Waals surface area contributed by atoms with Crippen molar-refractivity contribution in [3.05, 3.63) is 63.1 Å². The molecule has 0 amide bonds. The van der Waals surface area contributed by atoms with E-state index in [2.05, 4.69) is 48.0 Å². The summed E-state index contributed by atoms with van der Waals surface area (Å²) in [5.74, 6) is 0.818. The zero-order chi connectivity index (χ0) is 14.0. The van der Waals surface area contributed by atoms with Crippen molar-refractivity contribution in [1.29, 1.82) is 0 Å². The molecule has 0 fully saturated rings. The Hall–Kier alpha value is -1.32. The van der Waals surface area contributed by atoms with Crippen LogP contribution in [0.3, 0.4) is 0 Å². The summed E-state index contributed by atoms with van der Waals surface area (Å²) in [6.45, 7) is 4.18. The van der Waals surface area contributed by atoms with Gasteiger partial charge in [-0.2, -0.15) is 0 Å². The SMILES string of the molecule is COc1ccc(Br)c(C(N)c2ccc(C)cc2C)c1. The molecule has 3 heteroatoms. The normalized spacial score (nSPS) is 12.3. The predicted octanol–water partition coefficient (Wildman–Crippen LogP) is 4.12. The quantitative estimate of drug-likeness (QED) is 0.923. The van der Waals surface area contributed by atoms with E-state index in [1.165, 1.54) is 11.1 Å². The van der Waals surface area contributed by atoms with Crippen LogP contribution in [0, 0.1) is 13.8 Å². The summed E-state index contributed by atoms with van der Waals surface area (Å²) >= 11 is 3.56. The van der Waals surface area contributed by atoms with E-state index in [-0.39, 0.29) is 6.04 Å². The minimum atomic E-state index is -0.162. The molecule has 0 saturated carbocycles. The average molecular weight is 320 g/mol. The minimum absolute atomic E-state index is 0.162. The number of benzene rings is 2. The standard InChI is InChI=1S/C16H18BrNO/c1-10-4-6-13(11(2)8-10)16(18)14-9-12(19-3)5-7-15(14)17/h4-9,16H,18H2,1-3H3. The van der Waals surface area contributed by atoms with Gasteiger partial charge in [-0.3, -0.25) is 0 Å². The van der Waals surface area contributed by atoms with Crippen LogP contribution in [-0.2, 0) is 0 Å². The van der Waals surface area contributed by atoms with Crippen molar-refractivity contribution in [1.82, 2.24) is 0 Å². The van der Waals surface area contributed by atoms with Crippen LogP contribution >= 0.6 is 15.9 Å². The zero-order valence-corrected chi connectivity index (χ0v) is 13.0. The van der Waals surface area contributed by atoms with Gasteiger partial charge in [0, 0.05) is 4.47 Å². The summed E-state index contributed by atoms with van der Waals surface area (Å²) in [4.78, 5) is 0. The van der Waals surface area contributed by atoms with Crippen molar-refractivity contribution in [2.45, 2.75) is 19.9 Å². The van der Waals surface area contributed by atoms with Crippen molar-refractivity contribution < 1.29 is 4.74 Å². The van der Waals surface area contributed by atoms with E-state index >= 15 is 0 Å². The van der Waals surface area contributed by atoms with Crippen molar-refractivity contribution in [2.24, 2.45) is 5.73 Å². The molecular formula is C16H18BrNO. The Balaban J connectivity index is 2.46. The molecule has 100 valence electrons. The fourth-order valence-corrected chi connectivity index (χ4v) is 2.72. The molecule has 0 aliphatic carbocycles. The number of halogens is 1. The number of ether oxygens (including phenoxy) is 1. The van der Waals surface area contributed by atoms with Gasteiger partial charge >= 0.3 is 0 Å². The lowest BCUT2D eigenvalue weighted by molar-refractivity contribution is 0.414. The highest BCUT2D eigenvalue weighted by Crippen LogP contribution is 2.31. The number of methoxy groups -OCH3 is 1. The van der Waals surface area contributed by atoms with Gasteiger partial charge in [0.1, 0.15) is 5.75 Å². The maximum absolute atomic E-state index is 6.41. The van der Waals surface area contributed by atoms with Crippen molar-refractivity contribution in [3.63, 3.8) is 0 Å². The number of nitrogens with two attached hydrogens (primary N) is 1. The molecule has 19 heavy (non-hydrogen) atoms. The third-order valence-corrected chi connectivity index (χ3v) is 4.02. The van der Waals surface area contributed by atoms with Gasteiger partial charge in [-0.15, -0.1) is 0 Å². The van der Waals surface area contributed by atoms with E-state index in [4.69, 9.17) is 10.5 Å². The first kappa shape index (κ1) is 14.1. The first-order chi connectivity index (χ1) is 9.02. The summed E-state index contributed by atoms with van der Waals surface area (Å²) < 4.78 is 6.27. The van der Waals surface area contributed by atoms with Crippen molar-refractivity contribution in [2.75, 3.05) is 7.11 Å². The molecule has 2 rings (SSSR count). The van der Waals surface area contributed by atoms with Gasteiger partial charge in [0.05, 0.1) is 13.2 Å². The Labute approximate surface area is 122 Å². The first-order valence-corrected chi connectivity index (χ1v) is 6.98. The van der Waals surface area contributed by atoms with Crippen LogP contribution in [0.1, 0.15) is 28.3 Å². The van der Waals surface area contributed by atoms with E-state index in [0.29, 0.717) is 0 Å². The number of hydrogen-bond acceptors (Lipinski definition) is 2. The number of aryl methyl sites for hydroxylation is 2. The minimum Gasteiger partial charge on any atom is -0.497 e. The summed E-state index contributed by atoms with van der Waals surface area (Å²) in [6.07, 6.45) is 0. The summed E-state index contributed by atoms with van der Waals surface area (Å²) in [5.41, 5.74) is 11.0. The van der Waals surface area contributed by atoms with Gasteiger partial charge in [0.2, 0.25) is 0 Å². The Morgan fingerprint density at radius 3 is 2.42 bits per heavy atom. The highest BCUT2D eigenvalue weighted by atomic mass is 79.9.